The molecular weight excluding hydrogens is 424 g/mol. The van der Waals surface area contributed by atoms with Crippen LogP contribution in [0.2, 0.25) is 0 Å². The molecular formula is C24H24N4O5. The van der Waals surface area contributed by atoms with Crippen LogP contribution in [-0.4, -0.2) is 45.9 Å². The minimum Gasteiger partial charge on any atom is -0.481 e. The van der Waals surface area contributed by atoms with Gasteiger partial charge in [-0.05, 0) is 36.1 Å². The molecule has 0 saturated heterocycles. The lowest BCUT2D eigenvalue weighted by atomic mass is 9.98. The lowest BCUT2D eigenvalue weighted by molar-refractivity contribution is -0.141. The molecule has 33 heavy (non-hydrogen) atoms. The first-order valence-corrected chi connectivity index (χ1v) is 10.6. The van der Waals surface area contributed by atoms with E-state index >= 15 is 0 Å². The Morgan fingerprint density at radius 1 is 1.06 bits per heavy atom. The van der Waals surface area contributed by atoms with Crippen LogP contribution in [0.5, 0.6) is 0 Å². The number of aromatic nitrogens is 2. The Labute approximate surface area is 190 Å². The van der Waals surface area contributed by atoms with E-state index in [-0.39, 0.29) is 24.0 Å². The molecule has 2 unspecified atom stereocenters. The molecule has 2 amide bonds. The Hall–Kier alpha value is -4.14. The maximum absolute atomic E-state index is 12.4. The molecule has 1 heterocycles. The lowest BCUT2D eigenvalue weighted by Crippen LogP contribution is -2.40. The van der Waals surface area contributed by atoms with Gasteiger partial charge in [0.05, 0.1) is 5.92 Å². The predicted molar refractivity (Wildman–Crippen MR) is 121 cm³/mol. The first-order chi connectivity index (χ1) is 15.8. The first-order valence-electron chi connectivity index (χ1n) is 10.6. The van der Waals surface area contributed by atoms with Gasteiger partial charge in [0.25, 0.3) is 5.91 Å². The van der Waals surface area contributed by atoms with E-state index in [1.54, 1.807) is 6.92 Å². The zero-order valence-corrected chi connectivity index (χ0v) is 18.2. The smallest absolute Gasteiger partial charge is 0.412 e. The zero-order valence-electron chi connectivity index (χ0n) is 18.2. The SMILES string of the molecule is CC(NC(=O)c1cc(NC(=O)OCC2c3ccccc3-c3ccccc32)n[nH]1)C(C)C(=O)O. The fraction of sp³-hybridized carbons (Fsp3) is 0.250. The number of amides is 2. The van der Waals surface area contributed by atoms with E-state index in [1.807, 2.05) is 36.4 Å². The first kappa shape index (κ1) is 22.1. The number of carboxylic acids is 1. The Kier molecular flexibility index (Phi) is 6.12. The molecule has 1 aromatic heterocycles. The summed E-state index contributed by atoms with van der Waals surface area (Å²) < 4.78 is 5.47. The Morgan fingerprint density at radius 2 is 1.67 bits per heavy atom. The number of H-pyrrole nitrogens is 1. The van der Waals surface area contributed by atoms with E-state index in [1.165, 1.54) is 13.0 Å². The van der Waals surface area contributed by atoms with Gasteiger partial charge in [-0.2, -0.15) is 5.10 Å². The molecule has 2 atom stereocenters. The highest BCUT2D eigenvalue weighted by Gasteiger charge is 2.29. The van der Waals surface area contributed by atoms with Crippen molar-refractivity contribution in [1.29, 1.82) is 0 Å². The van der Waals surface area contributed by atoms with Crippen molar-refractivity contribution in [3.05, 3.63) is 71.4 Å². The number of anilines is 1. The van der Waals surface area contributed by atoms with Crippen LogP contribution in [-0.2, 0) is 9.53 Å². The van der Waals surface area contributed by atoms with Crippen LogP contribution >= 0.6 is 0 Å². The van der Waals surface area contributed by atoms with Crippen LogP contribution in [0.1, 0.15) is 41.4 Å². The van der Waals surface area contributed by atoms with Gasteiger partial charge in [0.15, 0.2) is 5.82 Å². The molecule has 9 heteroatoms. The molecule has 0 bridgehead atoms. The van der Waals surface area contributed by atoms with Crippen molar-refractivity contribution in [2.75, 3.05) is 11.9 Å². The summed E-state index contributed by atoms with van der Waals surface area (Å²) in [5.74, 6) is -2.23. The number of rotatable bonds is 7. The van der Waals surface area contributed by atoms with Crippen LogP contribution in [0.3, 0.4) is 0 Å². The van der Waals surface area contributed by atoms with Crippen molar-refractivity contribution in [1.82, 2.24) is 15.5 Å². The molecule has 0 saturated carbocycles. The molecule has 0 radical (unpaired) electrons. The quantitative estimate of drug-likeness (QED) is 0.436. The number of fused-ring (bicyclic) bond motifs is 3. The van der Waals surface area contributed by atoms with Gasteiger partial charge in [-0.3, -0.25) is 20.0 Å². The highest BCUT2D eigenvalue weighted by Crippen LogP contribution is 2.44. The molecule has 1 aliphatic carbocycles. The second kappa shape index (κ2) is 9.15. The number of hydrogen-bond acceptors (Lipinski definition) is 5. The number of carbonyl (C=O) groups is 3. The maximum atomic E-state index is 12.4. The van der Waals surface area contributed by atoms with E-state index < -0.39 is 29.9 Å². The summed E-state index contributed by atoms with van der Waals surface area (Å²) in [4.78, 5) is 35.7. The lowest BCUT2D eigenvalue weighted by Gasteiger charge is -2.16. The normalized spacial score (nSPS) is 14.0. The summed E-state index contributed by atoms with van der Waals surface area (Å²) in [5.41, 5.74) is 4.58. The number of aliphatic carboxylic acids is 1. The second-order valence-corrected chi connectivity index (χ2v) is 8.01. The number of carbonyl (C=O) groups excluding carboxylic acids is 2. The summed E-state index contributed by atoms with van der Waals surface area (Å²) in [5, 5.41) is 20.6. The number of ether oxygens (including phenoxy) is 1. The minimum atomic E-state index is -1.01. The number of aromatic amines is 1. The van der Waals surface area contributed by atoms with Crippen LogP contribution in [0.25, 0.3) is 11.1 Å². The third-order valence-corrected chi connectivity index (χ3v) is 5.89. The highest BCUT2D eigenvalue weighted by molar-refractivity contribution is 5.94. The van der Waals surface area contributed by atoms with Gasteiger partial charge in [-0.15, -0.1) is 0 Å². The molecule has 0 aliphatic heterocycles. The standard InChI is InChI=1S/C24H24N4O5/c1-13(23(30)31)14(2)25-22(29)20-11-21(28-27-20)26-24(32)33-12-19-17-9-5-3-7-15(17)16-8-4-6-10-18(16)19/h3-11,13-14,19H,12H2,1-2H3,(H,25,29)(H,30,31)(H2,26,27,28,32). The number of carboxylic acid groups (broad SMARTS) is 1. The zero-order chi connectivity index (χ0) is 23.5. The summed E-state index contributed by atoms with van der Waals surface area (Å²) in [6.45, 7) is 3.26. The minimum absolute atomic E-state index is 0.0682. The van der Waals surface area contributed by atoms with Crippen LogP contribution in [0.4, 0.5) is 10.6 Å². The van der Waals surface area contributed by atoms with Crippen LogP contribution < -0.4 is 10.6 Å². The molecule has 4 N–H and O–H groups in total. The monoisotopic (exact) mass is 448 g/mol. The van der Waals surface area contributed by atoms with Crippen molar-refractivity contribution in [3.8, 4) is 11.1 Å². The number of nitrogens with one attached hydrogen (secondary N) is 3. The van der Waals surface area contributed by atoms with Gasteiger partial charge >= 0.3 is 12.1 Å². The van der Waals surface area contributed by atoms with Crippen molar-refractivity contribution in [3.63, 3.8) is 0 Å². The predicted octanol–water partition coefficient (Wildman–Crippen LogP) is 3.61. The molecule has 1 aliphatic rings. The van der Waals surface area contributed by atoms with Gasteiger partial charge < -0.3 is 15.2 Å². The van der Waals surface area contributed by atoms with E-state index in [2.05, 4.69) is 33.0 Å². The summed E-state index contributed by atoms with van der Waals surface area (Å²) in [6, 6.07) is 16.9. The van der Waals surface area contributed by atoms with Crippen LogP contribution in [0.15, 0.2) is 54.6 Å². The number of hydrogen-bond donors (Lipinski definition) is 4. The van der Waals surface area contributed by atoms with Gasteiger partial charge in [-0.1, -0.05) is 48.5 Å². The average molecular weight is 448 g/mol. The van der Waals surface area contributed by atoms with Gasteiger partial charge in [0.2, 0.25) is 0 Å². The van der Waals surface area contributed by atoms with Crippen molar-refractivity contribution >= 4 is 23.8 Å². The molecule has 0 spiro atoms. The van der Waals surface area contributed by atoms with Crippen molar-refractivity contribution in [2.45, 2.75) is 25.8 Å². The third kappa shape index (κ3) is 4.57. The molecule has 2 aromatic carbocycles. The van der Waals surface area contributed by atoms with E-state index in [4.69, 9.17) is 9.84 Å². The Bertz CT molecular complexity index is 1160. The molecule has 170 valence electrons. The number of benzene rings is 2. The van der Waals surface area contributed by atoms with Gasteiger partial charge in [0.1, 0.15) is 12.3 Å². The largest absolute Gasteiger partial charge is 0.481 e. The van der Waals surface area contributed by atoms with E-state index in [0.717, 1.165) is 22.3 Å². The van der Waals surface area contributed by atoms with E-state index in [9.17, 15) is 14.4 Å². The topological polar surface area (TPSA) is 133 Å². The molecule has 0 fully saturated rings. The molecule has 9 nitrogen and oxygen atoms in total. The maximum Gasteiger partial charge on any atom is 0.412 e. The van der Waals surface area contributed by atoms with Crippen molar-refractivity contribution < 1.29 is 24.2 Å². The Morgan fingerprint density at radius 3 is 2.27 bits per heavy atom. The van der Waals surface area contributed by atoms with Gasteiger partial charge in [0, 0.05) is 18.0 Å². The summed E-state index contributed by atoms with van der Waals surface area (Å²) in [7, 11) is 0. The van der Waals surface area contributed by atoms with E-state index in [0.29, 0.717) is 0 Å². The van der Waals surface area contributed by atoms with Gasteiger partial charge in [-0.25, -0.2) is 4.79 Å². The molecule has 4 rings (SSSR count). The number of nitrogens with zero attached hydrogens (tertiary/aromatic N) is 1. The second-order valence-electron chi connectivity index (χ2n) is 8.01. The Balaban J connectivity index is 1.36. The third-order valence-electron chi connectivity index (χ3n) is 5.89. The highest BCUT2D eigenvalue weighted by atomic mass is 16.5. The van der Waals surface area contributed by atoms with Crippen LogP contribution in [0, 0.1) is 5.92 Å². The summed E-state index contributed by atoms with van der Waals surface area (Å²) >= 11 is 0. The fourth-order valence-electron chi connectivity index (χ4n) is 3.86. The molecule has 3 aromatic rings. The average Bonchev–Trinajstić information content (AvgIpc) is 3.40. The van der Waals surface area contributed by atoms with Crippen molar-refractivity contribution in [2.24, 2.45) is 5.92 Å². The fourth-order valence-corrected chi connectivity index (χ4v) is 3.86. The summed E-state index contributed by atoms with van der Waals surface area (Å²) in [6.07, 6.45) is -0.691.